The molecule has 0 N–H and O–H groups in total. The molecule has 0 spiro atoms. The van der Waals surface area contributed by atoms with Crippen molar-refractivity contribution < 1.29 is 17.9 Å². The summed E-state index contributed by atoms with van der Waals surface area (Å²) in [5.41, 5.74) is 1.73. The van der Waals surface area contributed by atoms with E-state index >= 15 is 0 Å². The van der Waals surface area contributed by atoms with Crippen molar-refractivity contribution in [2.24, 2.45) is 0 Å². The highest BCUT2D eigenvalue weighted by molar-refractivity contribution is 6.30. The Morgan fingerprint density at radius 3 is 2.61 bits per heavy atom. The van der Waals surface area contributed by atoms with E-state index in [1.54, 1.807) is 33.7 Å². The molecule has 10 nitrogen and oxygen atoms in total. The van der Waals surface area contributed by atoms with E-state index in [4.69, 9.17) is 21.3 Å². The van der Waals surface area contributed by atoms with Crippen molar-refractivity contribution in [3.63, 3.8) is 0 Å². The number of nitriles is 1. The average molecular weight is 518 g/mol. The third-order valence-electron chi connectivity index (χ3n) is 6.52. The molecule has 36 heavy (non-hydrogen) atoms. The van der Waals surface area contributed by atoms with Crippen LogP contribution in [0.15, 0.2) is 37.1 Å². The van der Waals surface area contributed by atoms with E-state index in [0.717, 1.165) is 5.56 Å². The number of fused-ring (bicyclic) bond motifs is 1. The van der Waals surface area contributed by atoms with Gasteiger partial charge in [0.25, 0.3) is 0 Å². The van der Waals surface area contributed by atoms with Crippen molar-refractivity contribution in [1.82, 2.24) is 38.8 Å². The summed E-state index contributed by atoms with van der Waals surface area (Å²) < 4.78 is 48.8. The number of nitrogens with zero attached hydrogens (tertiary/aromatic N) is 9. The Hall–Kier alpha value is -3.47. The third-order valence-corrected chi connectivity index (χ3v) is 6.78. The maximum absolute atomic E-state index is 12.8. The molecule has 186 valence electrons. The molecule has 0 amide bonds. The minimum absolute atomic E-state index is 0.0290. The van der Waals surface area contributed by atoms with Gasteiger partial charge in [0.1, 0.15) is 16.3 Å². The van der Waals surface area contributed by atoms with Gasteiger partial charge in [-0.3, -0.25) is 18.7 Å². The predicted molar refractivity (Wildman–Crippen MR) is 121 cm³/mol. The second-order valence-electron chi connectivity index (χ2n) is 9.13. The first-order valence-corrected chi connectivity index (χ1v) is 11.5. The van der Waals surface area contributed by atoms with Gasteiger partial charge < -0.3 is 4.74 Å². The number of rotatable bonds is 6. The van der Waals surface area contributed by atoms with Gasteiger partial charge in [-0.1, -0.05) is 11.6 Å². The molecule has 0 atom stereocenters. The number of aromatic nitrogens is 7. The molecule has 4 aromatic heterocycles. The molecule has 0 unspecified atom stereocenters. The SMILES string of the molecule is N#CCC1(n2cc(-c3nc(-c4cnn(C5COC5)c4)cc4ncc(Cl)n34)cn2)CN(CC(F)(F)F)C1. The van der Waals surface area contributed by atoms with Crippen LogP contribution in [0.3, 0.4) is 0 Å². The Balaban J connectivity index is 1.36. The normalized spacial score (nSPS) is 18.2. The van der Waals surface area contributed by atoms with E-state index in [1.165, 1.54) is 11.1 Å². The van der Waals surface area contributed by atoms with Gasteiger partial charge >= 0.3 is 6.18 Å². The number of alkyl halides is 3. The van der Waals surface area contributed by atoms with E-state index in [0.29, 0.717) is 41.1 Å². The van der Waals surface area contributed by atoms with Crippen molar-refractivity contribution in [3.05, 3.63) is 42.2 Å². The van der Waals surface area contributed by atoms with Gasteiger partial charge in [-0.15, -0.1) is 0 Å². The van der Waals surface area contributed by atoms with Crippen LogP contribution in [0.4, 0.5) is 13.2 Å². The monoisotopic (exact) mass is 517 g/mol. The molecule has 0 aromatic carbocycles. The van der Waals surface area contributed by atoms with E-state index < -0.39 is 18.3 Å². The molecule has 0 aliphatic carbocycles. The first-order chi connectivity index (χ1) is 17.2. The Morgan fingerprint density at radius 1 is 1.14 bits per heavy atom. The van der Waals surface area contributed by atoms with Crippen LogP contribution in [-0.2, 0) is 10.3 Å². The third kappa shape index (κ3) is 3.91. The van der Waals surface area contributed by atoms with Crippen molar-refractivity contribution >= 4 is 17.2 Å². The zero-order chi connectivity index (χ0) is 25.1. The molecule has 6 rings (SSSR count). The molecular weight excluding hydrogens is 499 g/mol. The molecule has 2 aliphatic heterocycles. The highest BCUT2D eigenvalue weighted by Gasteiger charge is 2.48. The minimum atomic E-state index is -4.30. The van der Waals surface area contributed by atoms with Gasteiger partial charge in [0.05, 0.1) is 68.1 Å². The Labute approximate surface area is 207 Å². The maximum atomic E-state index is 12.8. The Kier molecular flexibility index (Phi) is 5.29. The largest absolute Gasteiger partial charge is 0.401 e. The lowest BCUT2D eigenvalue weighted by Gasteiger charge is -2.49. The zero-order valence-corrected chi connectivity index (χ0v) is 19.5. The maximum Gasteiger partial charge on any atom is 0.401 e. The first kappa shape index (κ1) is 23.0. The summed E-state index contributed by atoms with van der Waals surface area (Å²) in [6.45, 7) is 0.335. The van der Waals surface area contributed by atoms with Crippen molar-refractivity contribution in [1.29, 1.82) is 5.26 Å². The molecule has 2 aliphatic rings. The van der Waals surface area contributed by atoms with Gasteiger partial charge in [-0.05, 0) is 0 Å². The van der Waals surface area contributed by atoms with Gasteiger partial charge in [-0.25, -0.2) is 9.97 Å². The number of imidazole rings is 1. The van der Waals surface area contributed by atoms with Crippen LogP contribution in [0.2, 0.25) is 5.15 Å². The Bertz CT molecular complexity index is 1470. The molecule has 0 radical (unpaired) electrons. The summed E-state index contributed by atoms with van der Waals surface area (Å²) in [7, 11) is 0. The number of ether oxygens (including phenoxy) is 1. The van der Waals surface area contributed by atoms with Crippen LogP contribution >= 0.6 is 11.6 Å². The quantitative estimate of drug-likeness (QED) is 0.387. The van der Waals surface area contributed by atoms with Crippen LogP contribution in [0.25, 0.3) is 28.3 Å². The summed E-state index contributed by atoms with van der Waals surface area (Å²) >= 11 is 6.41. The molecule has 0 bridgehead atoms. The van der Waals surface area contributed by atoms with Gasteiger partial charge in [0, 0.05) is 37.1 Å². The number of hydrogen-bond acceptors (Lipinski definition) is 7. The topological polar surface area (TPSA) is 102 Å². The highest BCUT2D eigenvalue weighted by Crippen LogP contribution is 2.36. The molecular formula is C22H19ClF3N9O. The number of hydrogen-bond donors (Lipinski definition) is 0. The Morgan fingerprint density at radius 2 is 1.92 bits per heavy atom. The van der Waals surface area contributed by atoms with E-state index in [9.17, 15) is 18.4 Å². The lowest BCUT2D eigenvalue weighted by atomic mass is 9.87. The first-order valence-electron chi connectivity index (χ1n) is 11.1. The second-order valence-corrected chi connectivity index (χ2v) is 9.52. The molecule has 4 aromatic rings. The van der Waals surface area contributed by atoms with E-state index in [2.05, 4.69) is 21.3 Å². The summed E-state index contributed by atoms with van der Waals surface area (Å²) in [6, 6.07) is 4.08. The van der Waals surface area contributed by atoms with Crippen molar-refractivity contribution in [2.45, 2.75) is 24.2 Å². The lowest BCUT2D eigenvalue weighted by Crippen LogP contribution is -2.64. The summed E-state index contributed by atoms with van der Waals surface area (Å²) in [6.07, 6.45) is 4.13. The zero-order valence-electron chi connectivity index (χ0n) is 18.7. The van der Waals surface area contributed by atoms with Crippen LogP contribution in [0.5, 0.6) is 0 Å². The summed E-state index contributed by atoms with van der Waals surface area (Å²) in [4.78, 5) is 10.4. The van der Waals surface area contributed by atoms with Crippen LogP contribution in [-0.4, -0.2) is 77.9 Å². The highest BCUT2D eigenvalue weighted by atomic mass is 35.5. The molecule has 0 saturated carbocycles. The van der Waals surface area contributed by atoms with Crippen molar-refractivity contribution in [2.75, 3.05) is 32.8 Å². The predicted octanol–water partition coefficient (Wildman–Crippen LogP) is 3.17. The van der Waals surface area contributed by atoms with E-state index in [-0.39, 0.29) is 25.6 Å². The number of halogens is 4. The summed E-state index contributed by atoms with van der Waals surface area (Å²) in [5.74, 6) is 0.467. The van der Waals surface area contributed by atoms with Crippen LogP contribution in [0.1, 0.15) is 12.5 Å². The standard InChI is InChI=1S/C22H19ClF3N9O/c23-18-6-28-19-3-17(14-4-29-33(7-14)16-9-36-10-16)31-20(35(18)19)15-5-30-34(8-15)21(1-2-27)11-32(12-21)13-22(24,25)26/h3-8,16H,1,9-13H2. The van der Waals surface area contributed by atoms with Gasteiger partial charge in [0.2, 0.25) is 0 Å². The van der Waals surface area contributed by atoms with Gasteiger partial charge in [-0.2, -0.15) is 28.6 Å². The second kappa shape index (κ2) is 8.29. The fraction of sp³-hybridized carbons (Fsp3) is 0.409. The molecule has 2 saturated heterocycles. The molecule has 6 heterocycles. The molecule has 14 heteroatoms. The number of likely N-dealkylation sites (tertiary alicyclic amines) is 1. The minimum Gasteiger partial charge on any atom is -0.377 e. The molecule has 2 fully saturated rings. The van der Waals surface area contributed by atoms with Gasteiger partial charge in [0.15, 0.2) is 5.82 Å². The van der Waals surface area contributed by atoms with Crippen LogP contribution < -0.4 is 0 Å². The lowest BCUT2D eigenvalue weighted by molar-refractivity contribution is -0.167. The average Bonchev–Trinajstić information content (AvgIpc) is 3.50. The summed E-state index contributed by atoms with van der Waals surface area (Å²) in [5, 5.41) is 18.5. The fourth-order valence-corrected chi connectivity index (χ4v) is 4.91. The smallest absolute Gasteiger partial charge is 0.377 e. The van der Waals surface area contributed by atoms with Crippen molar-refractivity contribution in [3.8, 4) is 28.7 Å². The van der Waals surface area contributed by atoms with E-state index in [1.807, 2.05) is 10.9 Å². The fourth-order valence-electron chi connectivity index (χ4n) is 4.70. The van der Waals surface area contributed by atoms with Crippen LogP contribution in [0, 0.1) is 11.3 Å².